The molecule has 2 rings (SSSR count). The number of hydrogen-bond donors (Lipinski definition) is 0. The molecule has 0 N–H and O–H groups in total. The van der Waals surface area contributed by atoms with Crippen LogP contribution >= 0.6 is 11.8 Å². The smallest absolute Gasteiger partial charge is 0.176 e. The van der Waals surface area contributed by atoms with Crippen LogP contribution in [0.5, 0.6) is 5.75 Å². The van der Waals surface area contributed by atoms with Crippen LogP contribution in [0.4, 0.5) is 0 Å². The van der Waals surface area contributed by atoms with Gasteiger partial charge in [-0.25, -0.2) is 0 Å². The van der Waals surface area contributed by atoms with Gasteiger partial charge in [-0.2, -0.15) is 11.8 Å². The molecular formula is C14H19NO2S. The van der Waals surface area contributed by atoms with E-state index < -0.39 is 0 Å². The molecule has 1 aromatic rings. The van der Waals surface area contributed by atoms with E-state index in [1.807, 2.05) is 43.0 Å². The van der Waals surface area contributed by atoms with E-state index in [0.717, 1.165) is 35.9 Å². The zero-order valence-electron chi connectivity index (χ0n) is 10.7. The summed E-state index contributed by atoms with van der Waals surface area (Å²) in [6.45, 7) is 5.18. The molecule has 0 amide bonds. The molecule has 0 radical (unpaired) electrons. The summed E-state index contributed by atoms with van der Waals surface area (Å²) in [5.74, 6) is 3.29. The average Bonchev–Trinajstić information content (AvgIpc) is 2.41. The van der Waals surface area contributed by atoms with Gasteiger partial charge in [-0.1, -0.05) is 0 Å². The quantitative estimate of drug-likeness (QED) is 0.764. The molecule has 0 bridgehead atoms. The van der Waals surface area contributed by atoms with Gasteiger partial charge in [0.25, 0.3) is 0 Å². The van der Waals surface area contributed by atoms with E-state index in [1.165, 1.54) is 0 Å². The van der Waals surface area contributed by atoms with Crippen LogP contribution < -0.4 is 4.74 Å². The Labute approximate surface area is 113 Å². The highest BCUT2D eigenvalue weighted by molar-refractivity contribution is 7.99. The van der Waals surface area contributed by atoms with Crippen LogP contribution in [-0.2, 0) is 0 Å². The number of hydrogen-bond acceptors (Lipinski definition) is 4. The Balaban J connectivity index is 1.91. The number of ether oxygens (including phenoxy) is 1. The molecule has 1 aliphatic heterocycles. The van der Waals surface area contributed by atoms with Gasteiger partial charge in [0.05, 0.1) is 13.2 Å². The van der Waals surface area contributed by atoms with Crippen molar-refractivity contribution >= 4 is 17.5 Å². The van der Waals surface area contributed by atoms with Crippen molar-refractivity contribution in [3.63, 3.8) is 0 Å². The predicted octanol–water partition coefficient (Wildman–Crippen LogP) is 2.32. The van der Waals surface area contributed by atoms with Crippen molar-refractivity contribution in [1.29, 1.82) is 0 Å². The number of Topliss-reactive ketones (excluding diaryl/α,β-unsaturated/α-hetero) is 1. The SMILES string of the molecule is CCOc1ccc(C(=O)CN2CCSCC2)cc1. The van der Waals surface area contributed by atoms with Crippen molar-refractivity contribution in [1.82, 2.24) is 4.90 Å². The molecule has 4 heteroatoms. The Morgan fingerprint density at radius 1 is 1.28 bits per heavy atom. The van der Waals surface area contributed by atoms with Crippen molar-refractivity contribution in [3.8, 4) is 5.75 Å². The maximum Gasteiger partial charge on any atom is 0.176 e. The molecule has 1 fully saturated rings. The van der Waals surface area contributed by atoms with E-state index in [0.29, 0.717) is 13.2 Å². The summed E-state index contributed by atoms with van der Waals surface area (Å²) < 4.78 is 5.37. The summed E-state index contributed by atoms with van der Waals surface area (Å²) in [5.41, 5.74) is 0.775. The molecule has 1 heterocycles. The van der Waals surface area contributed by atoms with E-state index in [9.17, 15) is 4.79 Å². The molecule has 1 aromatic carbocycles. The van der Waals surface area contributed by atoms with Gasteiger partial charge in [-0.15, -0.1) is 0 Å². The molecule has 0 spiro atoms. The average molecular weight is 265 g/mol. The number of thioether (sulfide) groups is 1. The minimum atomic E-state index is 0.199. The van der Waals surface area contributed by atoms with Crippen molar-refractivity contribution in [2.45, 2.75) is 6.92 Å². The van der Waals surface area contributed by atoms with Crippen LogP contribution in [0.15, 0.2) is 24.3 Å². The first-order valence-electron chi connectivity index (χ1n) is 6.35. The summed E-state index contributed by atoms with van der Waals surface area (Å²) >= 11 is 1.96. The standard InChI is InChI=1S/C14H19NO2S/c1-2-17-13-5-3-12(4-6-13)14(16)11-15-7-9-18-10-8-15/h3-6H,2,7-11H2,1H3. The summed E-state index contributed by atoms with van der Waals surface area (Å²) in [4.78, 5) is 14.3. The summed E-state index contributed by atoms with van der Waals surface area (Å²) in [6, 6.07) is 7.43. The van der Waals surface area contributed by atoms with Crippen LogP contribution in [0.3, 0.4) is 0 Å². The maximum absolute atomic E-state index is 12.1. The minimum absolute atomic E-state index is 0.199. The van der Waals surface area contributed by atoms with E-state index in [4.69, 9.17) is 4.74 Å². The van der Waals surface area contributed by atoms with Crippen LogP contribution in [0, 0.1) is 0 Å². The fourth-order valence-electron chi connectivity index (χ4n) is 1.96. The fourth-order valence-corrected chi connectivity index (χ4v) is 2.94. The first-order chi connectivity index (χ1) is 8.79. The third-order valence-electron chi connectivity index (χ3n) is 2.96. The van der Waals surface area contributed by atoms with Crippen LogP contribution in [-0.4, -0.2) is 48.4 Å². The van der Waals surface area contributed by atoms with E-state index in [2.05, 4.69) is 4.90 Å². The number of rotatable bonds is 5. The molecule has 3 nitrogen and oxygen atoms in total. The molecule has 98 valence electrons. The molecule has 0 aliphatic carbocycles. The number of ketones is 1. The largest absolute Gasteiger partial charge is 0.494 e. The Morgan fingerprint density at radius 2 is 1.94 bits per heavy atom. The monoisotopic (exact) mass is 265 g/mol. The van der Waals surface area contributed by atoms with Crippen LogP contribution in [0.1, 0.15) is 17.3 Å². The topological polar surface area (TPSA) is 29.5 Å². The molecule has 1 aliphatic rings. The number of carbonyl (C=O) groups excluding carboxylic acids is 1. The van der Waals surface area contributed by atoms with Crippen molar-refractivity contribution in [2.75, 3.05) is 37.7 Å². The number of carbonyl (C=O) groups is 1. The van der Waals surface area contributed by atoms with Crippen molar-refractivity contribution < 1.29 is 9.53 Å². The van der Waals surface area contributed by atoms with Gasteiger partial charge in [-0.05, 0) is 31.2 Å². The highest BCUT2D eigenvalue weighted by Gasteiger charge is 2.15. The summed E-state index contributed by atoms with van der Waals surface area (Å²) in [5, 5.41) is 0. The lowest BCUT2D eigenvalue weighted by molar-refractivity contribution is 0.0937. The second-order valence-electron chi connectivity index (χ2n) is 4.27. The molecule has 0 aromatic heterocycles. The molecule has 1 saturated heterocycles. The van der Waals surface area contributed by atoms with E-state index >= 15 is 0 Å². The third kappa shape index (κ3) is 3.75. The summed E-state index contributed by atoms with van der Waals surface area (Å²) in [7, 11) is 0. The Hall–Kier alpha value is -1.00. The normalized spacial score (nSPS) is 16.5. The zero-order chi connectivity index (χ0) is 12.8. The Kier molecular flexibility index (Phi) is 5.08. The molecule has 0 saturated carbocycles. The number of nitrogens with zero attached hydrogens (tertiary/aromatic N) is 1. The maximum atomic E-state index is 12.1. The van der Waals surface area contributed by atoms with Gasteiger partial charge in [0, 0.05) is 30.2 Å². The first kappa shape index (κ1) is 13.4. The van der Waals surface area contributed by atoms with E-state index in [1.54, 1.807) is 0 Å². The second kappa shape index (κ2) is 6.81. The van der Waals surface area contributed by atoms with Crippen LogP contribution in [0.2, 0.25) is 0 Å². The molecule has 0 unspecified atom stereocenters. The van der Waals surface area contributed by atoms with Gasteiger partial charge in [0.1, 0.15) is 5.75 Å². The third-order valence-corrected chi connectivity index (χ3v) is 3.90. The van der Waals surface area contributed by atoms with Gasteiger partial charge < -0.3 is 4.74 Å². The highest BCUT2D eigenvalue weighted by Crippen LogP contribution is 2.14. The van der Waals surface area contributed by atoms with E-state index in [-0.39, 0.29) is 5.78 Å². The van der Waals surface area contributed by atoms with Crippen molar-refractivity contribution in [3.05, 3.63) is 29.8 Å². The second-order valence-corrected chi connectivity index (χ2v) is 5.49. The lowest BCUT2D eigenvalue weighted by atomic mass is 10.1. The fraction of sp³-hybridized carbons (Fsp3) is 0.500. The zero-order valence-corrected chi connectivity index (χ0v) is 11.5. The first-order valence-corrected chi connectivity index (χ1v) is 7.51. The summed E-state index contributed by atoms with van der Waals surface area (Å²) in [6.07, 6.45) is 0. The molecular weight excluding hydrogens is 246 g/mol. The van der Waals surface area contributed by atoms with Gasteiger partial charge >= 0.3 is 0 Å². The minimum Gasteiger partial charge on any atom is -0.494 e. The Bertz CT molecular complexity index is 385. The lowest BCUT2D eigenvalue weighted by Crippen LogP contribution is -2.36. The number of benzene rings is 1. The van der Waals surface area contributed by atoms with Crippen LogP contribution in [0.25, 0.3) is 0 Å². The Morgan fingerprint density at radius 3 is 2.56 bits per heavy atom. The van der Waals surface area contributed by atoms with Gasteiger partial charge in [-0.3, -0.25) is 9.69 Å². The van der Waals surface area contributed by atoms with Gasteiger partial charge in [0.15, 0.2) is 5.78 Å². The predicted molar refractivity (Wildman–Crippen MR) is 75.7 cm³/mol. The highest BCUT2D eigenvalue weighted by atomic mass is 32.2. The lowest BCUT2D eigenvalue weighted by Gasteiger charge is -2.25. The molecule has 0 atom stereocenters. The van der Waals surface area contributed by atoms with Gasteiger partial charge in [0.2, 0.25) is 0 Å². The molecule has 18 heavy (non-hydrogen) atoms. The van der Waals surface area contributed by atoms with Crippen molar-refractivity contribution in [2.24, 2.45) is 0 Å².